The van der Waals surface area contributed by atoms with Crippen LogP contribution in [0.5, 0.6) is 0 Å². The normalized spacial score (nSPS) is 11.5. The van der Waals surface area contributed by atoms with Gasteiger partial charge in [0, 0.05) is 49.0 Å². The van der Waals surface area contributed by atoms with Crippen molar-refractivity contribution in [3.05, 3.63) is 67.3 Å². The van der Waals surface area contributed by atoms with Crippen molar-refractivity contribution >= 4 is 27.5 Å². The summed E-state index contributed by atoms with van der Waals surface area (Å²) in [4.78, 5) is 23.4. The Morgan fingerprint density at radius 2 is 1.85 bits per heavy atom. The first-order chi connectivity index (χ1) is 16.1. The lowest BCUT2D eigenvalue weighted by Crippen LogP contribution is -2.08. The van der Waals surface area contributed by atoms with Gasteiger partial charge >= 0.3 is 0 Å². The van der Waals surface area contributed by atoms with Gasteiger partial charge in [0.2, 0.25) is 0 Å². The Morgan fingerprint density at radius 3 is 2.67 bits per heavy atom. The average molecular weight is 435 g/mol. The van der Waals surface area contributed by atoms with E-state index in [0.29, 0.717) is 0 Å². The first kappa shape index (κ1) is 19.2. The van der Waals surface area contributed by atoms with E-state index in [1.54, 1.807) is 12.5 Å². The van der Waals surface area contributed by atoms with Crippen molar-refractivity contribution in [2.24, 2.45) is 0 Å². The molecule has 9 nitrogen and oxygen atoms in total. The molecule has 0 saturated carbocycles. The molecule has 162 valence electrons. The molecule has 0 spiro atoms. The summed E-state index contributed by atoms with van der Waals surface area (Å²) in [6, 6.07) is 8.17. The highest BCUT2D eigenvalue weighted by Crippen LogP contribution is 2.32. The molecule has 6 rings (SSSR count). The van der Waals surface area contributed by atoms with E-state index in [2.05, 4.69) is 53.3 Å². The van der Waals surface area contributed by atoms with E-state index in [9.17, 15) is 0 Å². The number of hydrogen-bond acceptors (Lipinski definition) is 6. The summed E-state index contributed by atoms with van der Waals surface area (Å²) in [7, 11) is 3.99. The number of rotatable bonds is 4. The number of imidazole rings is 1. The van der Waals surface area contributed by atoms with Crippen molar-refractivity contribution < 1.29 is 0 Å². The number of H-pyrrole nitrogens is 2. The van der Waals surface area contributed by atoms with E-state index >= 15 is 0 Å². The van der Waals surface area contributed by atoms with Crippen LogP contribution in [0.2, 0.25) is 0 Å². The number of aryl methyl sites for hydroxylation is 1. The van der Waals surface area contributed by atoms with Gasteiger partial charge in [-0.3, -0.25) is 19.6 Å². The van der Waals surface area contributed by atoms with Crippen LogP contribution in [-0.4, -0.2) is 53.8 Å². The zero-order valence-electron chi connectivity index (χ0n) is 18.4. The number of nitrogens with zero attached hydrogens (tertiary/aromatic N) is 7. The summed E-state index contributed by atoms with van der Waals surface area (Å²) < 4.78 is 1.94. The molecule has 6 heterocycles. The lowest BCUT2D eigenvalue weighted by Gasteiger charge is -2.12. The van der Waals surface area contributed by atoms with Crippen LogP contribution in [0.25, 0.3) is 50.3 Å². The van der Waals surface area contributed by atoms with E-state index in [0.717, 1.165) is 61.7 Å². The van der Waals surface area contributed by atoms with Crippen LogP contribution in [-0.2, 0) is 0 Å². The van der Waals surface area contributed by atoms with Crippen molar-refractivity contribution in [3.8, 4) is 28.5 Å². The molecule has 0 saturated heterocycles. The SMILES string of the molecule is Cc1cn(-c2nccc3[nH]c(-c4n[nH]c5cnc(-c6cncc(N(C)C)c6)cc45)cc23)cn1. The highest BCUT2D eigenvalue weighted by Gasteiger charge is 2.15. The third-order valence-corrected chi connectivity index (χ3v) is 5.72. The zero-order valence-corrected chi connectivity index (χ0v) is 18.4. The molecule has 0 aliphatic carbocycles. The van der Waals surface area contributed by atoms with E-state index in [1.807, 2.05) is 61.3 Å². The molecule has 0 bridgehead atoms. The minimum absolute atomic E-state index is 0.823. The molecule has 0 fully saturated rings. The molecule has 33 heavy (non-hydrogen) atoms. The van der Waals surface area contributed by atoms with Gasteiger partial charge in [-0.25, -0.2) is 9.97 Å². The molecular weight excluding hydrogens is 414 g/mol. The summed E-state index contributed by atoms with van der Waals surface area (Å²) in [6.07, 6.45) is 11.0. The quantitative estimate of drug-likeness (QED) is 0.432. The molecule has 9 heteroatoms. The van der Waals surface area contributed by atoms with Crippen LogP contribution in [0, 0.1) is 6.92 Å². The van der Waals surface area contributed by atoms with Gasteiger partial charge in [-0.1, -0.05) is 0 Å². The molecule has 0 atom stereocenters. The summed E-state index contributed by atoms with van der Waals surface area (Å²) in [5.74, 6) is 0.823. The maximum absolute atomic E-state index is 4.62. The van der Waals surface area contributed by atoms with Crippen LogP contribution in [0.3, 0.4) is 0 Å². The van der Waals surface area contributed by atoms with E-state index in [-0.39, 0.29) is 0 Å². The Morgan fingerprint density at radius 1 is 0.939 bits per heavy atom. The minimum atomic E-state index is 0.823. The standard InChI is InChI=1S/C24H21N9/c1-14-12-33(13-28-14)24-18-8-21(29-19(18)4-5-26-24)23-17-7-20(27-11-22(17)30-31-23)15-6-16(32(2)3)10-25-9-15/h4-13,29H,1-3H3,(H,30,31). The lowest BCUT2D eigenvalue weighted by molar-refractivity contribution is 1.01. The first-order valence-electron chi connectivity index (χ1n) is 10.5. The Balaban J connectivity index is 1.48. The van der Waals surface area contributed by atoms with E-state index in [1.165, 1.54) is 0 Å². The molecule has 0 radical (unpaired) electrons. The Kier molecular flexibility index (Phi) is 4.22. The number of aromatic amines is 2. The Bertz CT molecular complexity index is 1620. The summed E-state index contributed by atoms with van der Waals surface area (Å²) >= 11 is 0. The second kappa shape index (κ2) is 7.27. The molecule has 6 aromatic heterocycles. The third-order valence-electron chi connectivity index (χ3n) is 5.72. The van der Waals surface area contributed by atoms with Gasteiger partial charge in [0.15, 0.2) is 0 Å². The second-order valence-electron chi connectivity index (χ2n) is 8.21. The smallest absolute Gasteiger partial charge is 0.147 e. The van der Waals surface area contributed by atoms with Crippen molar-refractivity contribution in [1.82, 2.24) is 39.7 Å². The fourth-order valence-corrected chi connectivity index (χ4v) is 4.00. The predicted molar refractivity (Wildman–Crippen MR) is 128 cm³/mol. The maximum atomic E-state index is 4.62. The largest absolute Gasteiger partial charge is 0.376 e. The van der Waals surface area contributed by atoms with Crippen molar-refractivity contribution in [1.29, 1.82) is 0 Å². The van der Waals surface area contributed by atoms with Gasteiger partial charge < -0.3 is 9.88 Å². The van der Waals surface area contributed by atoms with Crippen molar-refractivity contribution in [2.45, 2.75) is 6.92 Å². The number of aromatic nitrogens is 8. The first-order valence-corrected chi connectivity index (χ1v) is 10.5. The van der Waals surface area contributed by atoms with Gasteiger partial charge in [-0.15, -0.1) is 0 Å². The number of anilines is 1. The molecule has 0 unspecified atom stereocenters. The molecule has 6 aromatic rings. The molecule has 0 aromatic carbocycles. The molecule has 0 amide bonds. The van der Waals surface area contributed by atoms with Crippen LogP contribution in [0.1, 0.15) is 5.69 Å². The Hall–Kier alpha value is -4.53. The molecule has 2 N–H and O–H groups in total. The molecule has 0 aliphatic heterocycles. The van der Waals surface area contributed by atoms with Crippen LogP contribution in [0.15, 0.2) is 61.6 Å². The predicted octanol–water partition coefficient (Wildman–Crippen LogP) is 4.12. The average Bonchev–Trinajstić information content (AvgIpc) is 3.55. The van der Waals surface area contributed by atoms with E-state index < -0.39 is 0 Å². The van der Waals surface area contributed by atoms with Gasteiger partial charge in [0.05, 0.1) is 46.2 Å². The van der Waals surface area contributed by atoms with Crippen LogP contribution < -0.4 is 4.90 Å². The van der Waals surface area contributed by atoms with Gasteiger partial charge in [-0.05, 0) is 31.2 Å². The van der Waals surface area contributed by atoms with Crippen molar-refractivity contribution in [2.75, 3.05) is 19.0 Å². The molecule has 0 aliphatic rings. The molecular formula is C24H21N9. The van der Waals surface area contributed by atoms with Crippen LogP contribution >= 0.6 is 0 Å². The second-order valence-corrected chi connectivity index (χ2v) is 8.21. The fourth-order valence-electron chi connectivity index (χ4n) is 4.00. The summed E-state index contributed by atoms with van der Waals surface area (Å²) in [5.41, 5.74) is 7.34. The fraction of sp³-hybridized carbons (Fsp3) is 0.125. The third kappa shape index (κ3) is 3.21. The van der Waals surface area contributed by atoms with Gasteiger partial charge in [0.1, 0.15) is 17.8 Å². The number of nitrogens with one attached hydrogen (secondary N) is 2. The zero-order chi connectivity index (χ0) is 22.5. The van der Waals surface area contributed by atoms with Gasteiger partial charge in [0.25, 0.3) is 0 Å². The minimum Gasteiger partial charge on any atom is -0.376 e. The summed E-state index contributed by atoms with van der Waals surface area (Å²) in [6.45, 7) is 1.96. The van der Waals surface area contributed by atoms with Crippen LogP contribution in [0.4, 0.5) is 5.69 Å². The number of fused-ring (bicyclic) bond motifs is 2. The highest BCUT2D eigenvalue weighted by atomic mass is 15.1. The monoisotopic (exact) mass is 435 g/mol. The van der Waals surface area contributed by atoms with Crippen molar-refractivity contribution in [3.63, 3.8) is 0 Å². The van der Waals surface area contributed by atoms with E-state index in [4.69, 9.17) is 0 Å². The van der Waals surface area contributed by atoms with Gasteiger partial charge in [-0.2, -0.15) is 5.10 Å². The highest BCUT2D eigenvalue weighted by molar-refractivity contribution is 5.98. The topological polar surface area (TPSA) is 104 Å². The summed E-state index contributed by atoms with van der Waals surface area (Å²) in [5, 5.41) is 9.67. The number of pyridine rings is 3. The Labute approximate surface area is 189 Å². The maximum Gasteiger partial charge on any atom is 0.147 e. The number of hydrogen-bond donors (Lipinski definition) is 2. The lowest BCUT2D eigenvalue weighted by atomic mass is 10.1.